The summed E-state index contributed by atoms with van der Waals surface area (Å²) in [5, 5.41) is 24.7. The van der Waals surface area contributed by atoms with Crippen LogP contribution in [0.15, 0.2) is 18.2 Å². The average molecular weight is 268 g/mol. The van der Waals surface area contributed by atoms with Crippen LogP contribution in [0.1, 0.15) is 18.5 Å². The van der Waals surface area contributed by atoms with Crippen molar-refractivity contribution in [2.75, 3.05) is 26.8 Å². The van der Waals surface area contributed by atoms with E-state index in [1.54, 1.807) is 14.0 Å². The molecule has 0 spiro atoms. The van der Waals surface area contributed by atoms with E-state index in [4.69, 9.17) is 4.74 Å². The summed E-state index contributed by atoms with van der Waals surface area (Å²) in [4.78, 5) is 11.5. The maximum absolute atomic E-state index is 11.5. The highest BCUT2D eigenvalue weighted by atomic mass is 16.5. The fourth-order valence-electron chi connectivity index (χ4n) is 1.60. The third-order valence-electron chi connectivity index (χ3n) is 2.67. The number of carbonyl (C=O) groups is 1. The molecule has 106 valence electrons. The van der Waals surface area contributed by atoms with Gasteiger partial charge in [-0.1, -0.05) is 0 Å². The molecule has 1 aromatic rings. The molecule has 1 amide bonds. The summed E-state index contributed by atoms with van der Waals surface area (Å²) in [6, 6.07) is 4.04. The van der Waals surface area contributed by atoms with Crippen LogP contribution in [-0.2, 0) is 9.53 Å². The topological polar surface area (TPSA) is 90.8 Å². The number of carbonyl (C=O) groups excluding carboxylic acids is 1. The van der Waals surface area contributed by atoms with E-state index in [-0.39, 0.29) is 30.0 Å². The van der Waals surface area contributed by atoms with E-state index in [0.717, 1.165) is 0 Å². The zero-order valence-electron chi connectivity index (χ0n) is 11.1. The summed E-state index contributed by atoms with van der Waals surface area (Å²) in [6.07, 6.45) is 0. The number of hydrogen-bond donors (Lipinski definition) is 4. The Kier molecular flexibility index (Phi) is 6.11. The minimum Gasteiger partial charge on any atom is -0.508 e. The molecule has 0 aliphatic carbocycles. The highest BCUT2D eigenvalue weighted by Gasteiger charge is 2.12. The molecule has 0 aliphatic heterocycles. The summed E-state index contributed by atoms with van der Waals surface area (Å²) < 4.78 is 4.82. The molecule has 0 bridgehead atoms. The van der Waals surface area contributed by atoms with Gasteiger partial charge < -0.3 is 25.6 Å². The monoisotopic (exact) mass is 268 g/mol. The number of phenols is 2. The number of hydrogen-bond acceptors (Lipinski definition) is 5. The molecular weight excluding hydrogens is 248 g/mol. The van der Waals surface area contributed by atoms with Gasteiger partial charge in [-0.25, -0.2) is 0 Å². The molecule has 0 saturated heterocycles. The molecule has 0 aliphatic rings. The number of amides is 1. The van der Waals surface area contributed by atoms with Crippen LogP contribution in [0, 0.1) is 0 Å². The van der Waals surface area contributed by atoms with Gasteiger partial charge in [-0.2, -0.15) is 0 Å². The molecule has 1 rings (SSSR count). The highest BCUT2D eigenvalue weighted by molar-refractivity contribution is 5.78. The highest BCUT2D eigenvalue weighted by Crippen LogP contribution is 2.27. The Balaban J connectivity index is 2.44. The molecule has 1 atom stereocenters. The van der Waals surface area contributed by atoms with E-state index in [1.807, 2.05) is 0 Å². The minimum absolute atomic E-state index is 0.0750. The lowest BCUT2D eigenvalue weighted by molar-refractivity contribution is -0.120. The van der Waals surface area contributed by atoms with Crippen LogP contribution in [0.3, 0.4) is 0 Å². The molecule has 1 aromatic carbocycles. The first kappa shape index (κ1) is 15.3. The minimum atomic E-state index is -0.250. The molecule has 0 radical (unpaired) electrons. The number of nitrogens with one attached hydrogen (secondary N) is 2. The first-order valence-electron chi connectivity index (χ1n) is 6.05. The van der Waals surface area contributed by atoms with Crippen molar-refractivity contribution < 1.29 is 19.7 Å². The third-order valence-corrected chi connectivity index (χ3v) is 2.67. The van der Waals surface area contributed by atoms with Crippen LogP contribution in [-0.4, -0.2) is 42.9 Å². The molecule has 1 unspecified atom stereocenters. The van der Waals surface area contributed by atoms with Crippen molar-refractivity contribution in [1.82, 2.24) is 10.6 Å². The van der Waals surface area contributed by atoms with Crippen LogP contribution < -0.4 is 10.6 Å². The molecule has 6 heteroatoms. The number of aromatic hydroxyl groups is 2. The Morgan fingerprint density at radius 1 is 1.42 bits per heavy atom. The van der Waals surface area contributed by atoms with Crippen molar-refractivity contribution in [2.24, 2.45) is 0 Å². The lowest BCUT2D eigenvalue weighted by Gasteiger charge is -2.15. The number of benzene rings is 1. The van der Waals surface area contributed by atoms with Crippen molar-refractivity contribution in [3.63, 3.8) is 0 Å². The van der Waals surface area contributed by atoms with Gasteiger partial charge in [0.15, 0.2) is 0 Å². The molecule has 0 saturated carbocycles. The van der Waals surface area contributed by atoms with Gasteiger partial charge in [0.05, 0.1) is 13.2 Å². The lowest BCUT2D eigenvalue weighted by atomic mass is 10.1. The van der Waals surface area contributed by atoms with Gasteiger partial charge in [-0.3, -0.25) is 4.79 Å². The Morgan fingerprint density at radius 3 is 2.84 bits per heavy atom. The van der Waals surface area contributed by atoms with Gasteiger partial charge in [0.2, 0.25) is 5.91 Å². The molecule has 0 fully saturated rings. The van der Waals surface area contributed by atoms with Crippen molar-refractivity contribution >= 4 is 5.91 Å². The van der Waals surface area contributed by atoms with Crippen molar-refractivity contribution in [2.45, 2.75) is 13.0 Å². The van der Waals surface area contributed by atoms with E-state index < -0.39 is 0 Å². The number of rotatable bonds is 7. The summed E-state index contributed by atoms with van der Waals surface area (Å²) in [5.74, 6) is 0.00660. The van der Waals surface area contributed by atoms with Crippen LogP contribution in [0.2, 0.25) is 0 Å². The maximum atomic E-state index is 11.5. The Bertz CT molecular complexity index is 423. The number of ether oxygens (including phenoxy) is 1. The summed E-state index contributed by atoms with van der Waals surface area (Å²) >= 11 is 0. The molecular formula is C13H20N2O4. The quantitative estimate of drug-likeness (QED) is 0.427. The second-order valence-corrected chi connectivity index (χ2v) is 4.19. The van der Waals surface area contributed by atoms with E-state index in [9.17, 15) is 15.0 Å². The summed E-state index contributed by atoms with van der Waals surface area (Å²) in [7, 11) is 1.57. The Morgan fingerprint density at radius 2 is 2.16 bits per heavy atom. The van der Waals surface area contributed by atoms with Gasteiger partial charge in [-0.05, 0) is 25.1 Å². The Labute approximate surface area is 112 Å². The zero-order valence-corrected chi connectivity index (χ0v) is 11.1. The summed E-state index contributed by atoms with van der Waals surface area (Å²) in [6.45, 7) is 2.86. The molecule has 4 N–H and O–H groups in total. The van der Waals surface area contributed by atoms with E-state index in [1.165, 1.54) is 18.2 Å². The van der Waals surface area contributed by atoms with Crippen LogP contribution >= 0.6 is 0 Å². The zero-order chi connectivity index (χ0) is 14.3. The van der Waals surface area contributed by atoms with Gasteiger partial charge in [-0.15, -0.1) is 0 Å². The first-order valence-corrected chi connectivity index (χ1v) is 6.05. The first-order chi connectivity index (χ1) is 9.04. The lowest BCUT2D eigenvalue weighted by Crippen LogP contribution is -2.36. The standard InChI is InChI=1S/C13H20N2O4/c1-9(11-7-10(16)3-4-12(11)17)15-8-13(18)14-5-6-19-2/h3-4,7,9,15-17H,5-6,8H2,1-2H3,(H,14,18). The number of phenolic OH excluding ortho intramolecular Hbond substituents is 2. The van der Waals surface area contributed by atoms with Gasteiger partial charge in [0.25, 0.3) is 0 Å². The molecule has 19 heavy (non-hydrogen) atoms. The smallest absolute Gasteiger partial charge is 0.234 e. The SMILES string of the molecule is COCCNC(=O)CNC(C)c1cc(O)ccc1O. The second-order valence-electron chi connectivity index (χ2n) is 4.19. The predicted molar refractivity (Wildman–Crippen MR) is 71.1 cm³/mol. The molecule has 6 nitrogen and oxygen atoms in total. The van der Waals surface area contributed by atoms with Gasteiger partial charge in [0.1, 0.15) is 11.5 Å². The summed E-state index contributed by atoms with van der Waals surface area (Å²) in [5.41, 5.74) is 0.546. The van der Waals surface area contributed by atoms with Crippen LogP contribution in [0.4, 0.5) is 0 Å². The van der Waals surface area contributed by atoms with Crippen LogP contribution in [0.25, 0.3) is 0 Å². The van der Waals surface area contributed by atoms with E-state index >= 15 is 0 Å². The van der Waals surface area contributed by atoms with Gasteiger partial charge >= 0.3 is 0 Å². The number of methoxy groups -OCH3 is 1. The third kappa shape index (κ3) is 5.15. The fourth-order valence-corrected chi connectivity index (χ4v) is 1.60. The van der Waals surface area contributed by atoms with Crippen LogP contribution in [0.5, 0.6) is 11.5 Å². The molecule has 0 aromatic heterocycles. The van der Waals surface area contributed by atoms with Gasteiger partial charge in [0, 0.05) is 25.3 Å². The van der Waals surface area contributed by atoms with E-state index in [2.05, 4.69) is 10.6 Å². The van der Waals surface area contributed by atoms with Crippen molar-refractivity contribution in [1.29, 1.82) is 0 Å². The largest absolute Gasteiger partial charge is 0.508 e. The van der Waals surface area contributed by atoms with E-state index in [0.29, 0.717) is 18.7 Å². The predicted octanol–water partition coefficient (Wildman–Crippen LogP) is 0.511. The Hall–Kier alpha value is -1.79. The normalized spacial score (nSPS) is 12.1. The second kappa shape index (κ2) is 7.60. The average Bonchev–Trinajstić information content (AvgIpc) is 2.39. The molecule has 0 heterocycles. The maximum Gasteiger partial charge on any atom is 0.234 e. The van der Waals surface area contributed by atoms with Crippen molar-refractivity contribution in [3.05, 3.63) is 23.8 Å². The van der Waals surface area contributed by atoms with Crippen molar-refractivity contribution in [3.8, 4) is 11.5 Å². The fraction of sp³-hybridized carbons (Fsp3) is 0.462.